The Bertz CT molecular complexity index is 1230. The zero-order chi connectivity index (χ0) is 23.8. The largest absolute Gasteiger partial charge is 0.344 e. The minimum atomic E-state index is -0.742. The Kier molecular flexibility index (Phi) is 8.01. The van der Waals surface area contributed by atoms with E-state index in [1.807, 2.05) is 72.8 Å². The molecule has 4 rings (SSSR count). The molecule has 1 aromatic heterocycles. The quantitative estimate of drug-likeness (QED) is 0.339. The summed E-state index contributed by atoms with van der Waals surface area (Å²) in [5, 5.41) is 15.6. The summed E-state index contributed by atoms with van der Waals surface area (Å²) < 4.78 is 0. The van der Waals surface area contributed by atoms with Crippen LogP contribution in [0.5, 0.6) is 0 Å². The first-order chi connectivity index (χ1) is 16.6. The lowest BCUT2D eigenvalue weighted by atomic mass is 10.0. The maximum Gasteiger partial charge on any atom is 0.249 e. The fourth-order valence-electron chi connectivity index (χ4n) is 3.40. The number of anilines is 1. The van der Waals surface area contributed by atoms with Crippen molar-refractivity contribution < 1.29 is 9.59 Å². The van der Waals surface area contributed by atoms with Crippen LogP contribution in [0.15, 0.2) is 84.9 Å². The van der Waals surface area contributed by atoms with Gasteiger partial charge in [0.15, 0.2) is 0 Å². The van der Waals surface area contributed by atoms with Gasteiger partial charge in [0.25, 0.3) is 0 Å². The van der Waals surface area contributed by atoms with E-state index < -0.39 is 6.04 Å². The first-order valence-corrected chi connectivity index (χ1v) is 12.0. The summed E-state index contributed by atoms with van der Waals surface area (Å²) in [6.07, 6.45) is 1.27. The third-order valence-corrected chi connectivity index (χ3v) is 6.30. The Labute approximate surface area is 207 Å². The molecule has 2 amide bonds. The number of nitrogens with one attached hydrogen (secondary N) is 2. The minimum absolute atomic E-state index is 0.181. The third-order valence-electron chi connectivity index (χ3n) is 5.16. The van der Waals surface area contributed by atoms with Gasteiger partial charge in [-0.2, -0.15) is 0 Å². The third kappa shape index (κ3) is 6.73. The molecule has 0 aliphatic carbocycles. The number of carbonyl (C=O) groups is 2. The highest BCUT2D eigenvalue weighted by molar-refractivity contribution is 7.18. The molecule has 0 saturated heterocycles. The zero-order valence-corrected chi connectivity index (χ0v) is 19.9. The molecular weight excluding hydrogens is 468 g/mol. The average Bonchev–Trinajstić information content (AvgIpc) is 3.32. The summed E-state index contributed by atoms with van der Waals surface area (Å²) in [5.41, 5.74) is 2.88. The molecule has 172 valence electrons. The molecule has 2 N–H and O–H groups in total. The topological polar surface area (TPSA) is 84.0 Å². The van der Waals surface area contributed by atoms with Gasteiger partial charge in [0, 0.05) is 23.4 Å². The second-order valence-electron chi connectivity index (χ2n) is 7.70. The number of benzene rings is 3. The number of rotatable bonds is 9. The molecule has 6 nitrogen and oxygen atoms in total. The van der Waals surface area contributed by atoms with Gasteiger partial charge < -0.3 is 5.32 Å². The molecule has 0 spiro atoms. The summed E-state index contributed by atoms with van der Waals surface area (Å²) in [4.78, 5) is 25.8. The smallest absolute Gasteiger partial charge is 0.249 e. The number of aromatic nitrogens is 2. The summed E-state index contributed by atoms with van der Waals surface area (Å²) in [6.45, 7) is 0. The van der Waals surface area contributed by atoms with Crippen molar-refractivity contribution >= 4 is 39.9 Å². The lowest BCUT2D eigenvalue weighted by Gasteiger charge is -2.18. The first kappa shape index (κ1) is 23.6. The van der Waals surface area contributed by atoms with E-state index in [0.29, 0.717) is 34.4 Å². The van der Waals surface area contributed by atoms with Crippen molar-refractivity contribution in [1.29, 1.82) is 0 Å². The molecule has 0 bridgehead atoms. The molecule has 0 saturated carbocycles. The van der Waals surface area contributed by atoms with E-state index in [1.165, 1.54) is 11.3 Å². The Hall–Kier alpha value is -3.55. The molecule has 0 radical (unpaired) electrons. The fraction of sp³-hybridized carbons (Fsp3) is 0.154. The minimum Gasteiger partial charge on any atom is -0.344 e. The summed E-state index contributed by atoms with van der Waals surface area (Å²) in [7, 11) is 0. The van der Waals surface area contributed by atoms with Gasteiger partial charge in [-0.3, -0.25) is 14.9 Å². The SMILES string of the molecule is O=C(CCc1ccccc1)NC(Cc1ccccc1)C(=O)Nc1nnc(-c2ccc(Cl)cc2)s1. The second-order valence-corrected chi connectivity index (χ2v) is 9.12. The Morgan fingerprint density at radius 1 is 0.853 bits per heavy atom. The average molecular weight is 491 g/mol. The van der Waals surface area contributed by atoms with Gasteiger partial charge in [-0.15, -0.1) is 10.2 Å². The zero-order valence-electron chi connectivity index (χ0n) is 18.3. The predicted molar refractivity (Wildman–Crippen MR) is 136 cm³/mol. The van der Waals surface area contributed by atoms with Crippen molar-refractivity contribution in [3.05, 3.63) is 101 Å². The summed E-state index contributed by atoms with van der Waals surface area (Å²) in [6, 6.07) is 25.9. The van der Waals surface area contributed by atoms with Crippen LogP contribution in [-0.4, -0.2) is 28.1 Å². The van der Waals surface area contributed by atoms with Crippen LogP contribution in [0.4, 0.5) is 5.13 Å². The molecule has 4 aromatic rings. The Morgan fingerprint density at radius 3 is 2.18 bits per heavy atom. The Morgan fingerprint density at radius 2 is 1.50 bits per heavy atom. The van der Waals surface area contributed by atoms with Crippen LogP contribution in [-0.2, 0) is 22.4 Å². The van der Waals surface area contributed by atoms with E-state index in [9.17, 15) is 9.59 Å². The number of hydrogen-bond donors (Lipinski definition) is 2. The molecule has 8 heteroatoms. The van der Waals surface area contributed by atoms with Crippen molar-refractivity contribution in [2.75, 3.05) is 5.32 Å². The standard InChI is InChI=1S/C26H23ClN4O2S/c27-21-14-12-20(13-15-21)25-30-31-26(34-25)29-24(33)22(17-19-9-5-2-6-10-19)28-23(32)16-11-18-7-3-1-4-8-18/h1-10,12-15,22H,11,16-17H2,(H,28,32)(H,29,31,33). The van der Waals surface area contributed by atoms with Crippen LogP contribution in [0.1, 0.15) is 17.5 Å². The van der Waals surface area contributed by atoms with Crippen LogP contribution in [0, 0.1) is 0 Å². The number of nitrogens with zero attached hydrogens (tertiary/aromatic N) is 2. The lowest BCUT2D eigenvalue weighted by Crippen LogP contribution is -2.45. The van der Waals surface area contributed by atoms with E-state index in [-0.39, 0.29) is 11.8 Å². The van der Waals surface area contributed by atoms with E-state index in [1.54, 1.807) is 12.1 Å². The van der Waals surface area contributed by atoms with Gasteiger partial charge in [-0.1, -0.05) is 95.7 Å². The van der Waals surface area contributed by atoms with Crippen LogP contribution in [0.3, 0.4) is 0 Å². The molecule has 0 fully saturated rings. The van der Waals surface area contributed by atoms with Crippen molar-refractivity contribution in [2.45, 2.75) is 25.3 Å². The molecule has 0 aliphatic rings. The number of carbonyl (C=O) groups excluding carboxylic acids is 2. The van der Waals surface area contributed by atoms with Crippen molar-refractivity contribution in [3.63, 3.8) is 0 Å². The summed E-state index contributed by atoms with van der Waals surface area (Å²) >= 11 is 7.21. The fourth-order valence-corrected chi connectivity index (χ4v) is 4.28. The maximum absolute atomic E-state index is 13.1. The van der Waals surface area contributed by atoms with E-state index in [0.717, 1.165) is 16.7 Å². The van der Waals surface area contributed by atoms with Crippen molar-refractivity contribution in [2.24, 2.45) is 0 Å². The van der Waals surface area contributed by atoms with Gasteiger partial charge in [-0.05, 0) is 29.7 Å². The van der Waals surface area contributed by atoms with Gasteiger partial charge in [-0.25, -0.2) is 0 Å². The van der Waals surface area contributed by atoms with Gasteiger partial charge in [0.1, 0.15) is 11.0 Å². The highest BCUT2D eigenvalue weighted by Crippen LogP contribution is 2.27. The number of aryl methyl sites for hydroxylation is 1. The van der Waals surface area contributed by atoms with Crippen LogP contribution in [0.2, 0.25) is 5.02 Å². The second kappa shape index (κ2) is 11.5. The van der Waals surface area contributed by atoms with Crippen LogP contribution >= 0.6 is 22.9 Å². The molecule has 1 unspecified atom stereocenters. The normalized spacial score (nSPS) is 11.6. The first-order valence-electron chi connectivity index (χ1n) is 10.8. The van der Waals surface area contributed by atoms with Crippen LogP contribution < -0.4 is 10.6 Å². The lowest BCUT2D eigenvalue weighted by molar-refractivity contribution is -0.126. The van der Waals surface area contributed by atoms with Crippen molar-refractivity contribution in [1.82, 2.24) is 15.5 Å². The molecule has 0 aliphatic heterocycles. The van der Waals surface area contributed by atoms with Gasteiger partial charge >= 0.3 is 0 Å². The van der Waals surface area contributed by atoms with E-state index in [4.69, 9.17) is 11.6 Å². The predicted octanol–water partition coefficient (Wildman–Crippen LogP) is 5.16. The van der Waals surface area contributed by atoms with Crippen molar-refractivity contribution in [3.8, 4) is 10.6 Å². The highest BCUT2D eigenvalue weighted by atomic mass is 35.5. The van der Waals surface area contributed by atoms with Crippen LogP contribution in [0.25, 0.3) is 10.6 Å². The number of hydrogen-bond acceptors (Lipinski definition) is 5. The molecule has 3 aromatic carbocycles. The van der Waals surface area contributed by atoms with Gasteiger partial charge in [0.05, 0.1) is 0 Å². The Balaban J connectivity index is 1.43. The summed E-state index contributed by atoms with van der Waals surface area (Å²) in [5.74, 6) is -0.519. The van der Waals surface area contributed by atoms with E-state index in [2.05, 4.69) is 20.8 Å². The number of halogens is 1. The number of amides is 2. The van der Waals surface area contributed by atoms with Gasteiger partial charge in [0.2, 0.25) is 16.9 Å². The molecule has 1 atom stereocenters. The molecule has 1 heterocycles. The molecular formula is C26H23ClN4O2S. The highest BCUT2D eigenvalue weighted by Gasteiger charge is 2.23. The maximum atomic E-state index is 13.1. The monoisotopic (exact) mass is 490 g/mol. The molecule has 34 heavy (non-hydrogen) atoms. The van der Waals surface area contributed by atoms with E-state index >= 15 is 0 Å².